The Morgan fingerprint density at radius 1 is 1.16 bits per heavy atom. The summed E-state index contributed by atoms with van der Waals surface area (Å²) in [7, 11) is 0. The first kappa shape index (κ1) is 22.0. The molecule has 1 aliphatic rings. The lowest BCUT2D eigenvalue weighted by molar-refractivity contribution is 0.0517. The molecule has 0 bridgehead atoms. The maximum atomic E-state index is 13.4. The van der Waals surface area contributed by atoms with Crippen LogP contribution in [0.3, 0.4) is 0 Å². The van der Waals surface area contributed by atoms with E-state index in [1.54, 1.807) is 46.8 Å². The summed E-state index contributed by atoms with van der Waals surface area (Å²) < 4.78 is 20.3. The van der Waals surface area contributed by atoms with Gasteiger partial charge in [0.2, 0.25) is 0 Å². The van der Waals surface area contributed by atoms with Crippen molar-refractivity contribution in [2.24, 2.45) is 0 Å². The Morgan fingerprint density at radius 2 is 1.88 bits per heavy atom. The fourth-order valence-electron chi connectivity index (χ4n) is 3.81. The molecule has 2 aromatic heterocycles. The zero-order chi connectivity index (χ0) is 22.7. The number of carbonyl (C=O) groups excluding carboxylic acids is 2. The smallest absolute Gasteiger partial charge is 0.358 e. The van der Waals surface area contributed by atoms with E-state index in [-0.39, 0.29) is 30.1 Å². The fraction of sp³-hybridized carbons (Fsp3) is 0.304. The summed E-state index contributed by atoms with van der Waals surface area (Å²) in [6.07, 6.45) is 2.79. The van der Waals surface area contributed by atoms with Crippen LogP contribution >= 0.6 is 11.6 Å². The van der Waals surface area contributed by atoms with Crippen LogP contribution in [0.1, 0.15) is 46.7 Å². The van der Waals surface area contributed by atoms with Crippen molar-refractivity contribution >= 4 is 23.5 Å². The molecule has 7 nitrogen and oxygen atoms in total. The average Bonchev–Trinajstić information content (AvgIpc) is 3.25. The number of nitrogens with zero attached hydrogens (tertiary/aromatic N) is 4. The summed E-state index contributed by atoms with van der Waals surface area (Å²) in [6, 6.07) is 11.0. The molecule has 32 heavy (non-hydrogen) atoms. The minimum Gasteiger partial charge on any atom is -0.461 e. The molecule has 1 amide bonds. The minimum absolute atomic E-state index is 0.0226. The Bertz CT molecular complexity index is 1110. The number of rotatable bonds is 5. The van der Waals surface area contributed by atoms with Gasteiger partial charge in [-0.25, -0.2) is 14.2 Å². The van der Waals surface area contributed by atoms with E-state index in [0.717, 1.165) is 5.56 Å². The number of amides is 1. The Morgan fingerprint density at radius 3 is 2.50 bits per heavy atom. The lowest BCUT2D eigenvalue weighted by atomic mass is 10.0. The average molecular weight is 457 g/mol. The molecule has 0 radical (unpaired) electrons. The largest absolute Gasteiger partial charge is 0.461 e. The number of esters is 1. The van der Waals surface area contributed by atoms with Crippen molar-refractivity contribution in [2.45, 2.75) is 25.8 Å². The predicted molar refractivity (Wildman–Crippen MR) is 117 cm³/mol. The number of carbonyl (C=O) groups is 2. The Hall–Kier alpha value is -3.26. The molecule has 1 aromatic carbocycles. The van der Waals surface area contributed by atoms with Gasteiger partial charge in [0.05, 0.1) is 23.9 Å². The molecular formula is C23H22ClFN4O3. The molecule has 0 spiro atoms. The molecule has 0 unspecified atom stereocenters. The van der Waals surface area contributed by atoms with Crippen LogP contribution in [0.4, 0.5) is 4.39 Å². The van der Waals surface area contributed by atoms with E-state index >= 15 is 0 Å². The summed E-state index contributed by atoms with van der Waals surface area (Å²) in [4.78, 5) is 30.8. The quantitative estimate of drug-likeness (QED) is 0.420. The normalized spacial score (nSPS) is 14.4. The van der Waals surface area contributed by atoms with Gasteiger partial charge in [-0.1, -0.05) is 11.6 Å². The highest BCUT2D eigenvalue weighted by Crippen LogP contribution is 2.30. The SMILES string of the molecule is CCOC(=O)c1cc(-c2ccc(F)cc2)n(C2CCN(C(=O)c3ccc(Cl)nc3)CC2)n1. The van der Waals surface area contributed by atoms with Gasteiger partial charge >= 0.3 is 5.97 Å². The minimum atomic E-state index is -0.502. The third-order valence-corrected chi connectivity index (χ3v) is 5.66. The highest BCUT2D eigenvalue weighted by Gasteiger charge is 2.28. The summed E-state index contributed by atoms with van der Waals surface area (Å²) >= 11 is 5.81. The number of benzene rings is 1. The third-order valence-electron chi connectivity index (χ3n) is 5.43. The van der Waals surface area contributed by atoms with Crippen molar-refractivity contribution in [3.63, 3.8) is 0 Å². The second-order valence-electron chi connectivity index (χ2n) is 7.48. The lowest BCUT2D eigenvalue weighted by Gasteiger charge is -2.33. The summed E-state index contributed by atoms with van der Waals surface area (Å²) in [5.74, 6) is -0.939. The van der Waals surface area contributed by atoms with Gasteiger partial charge in [-0.2, -0.15) is 5.10 Å². The van der Waals surface area contributed by atoms with Crippen molar-refractivity contribution < 1.29 is 18.7 Å². The number of hydrogen-bond acceptors (Lipinski definition) is 5. The van der Waals surface area contributed by atoms with E-state index in [4.69, 9.17) is 16.3 Å². The molecule has 166 valence electrons. The van der Waals surface area contributed by atoms with Crippen molar-refractivity contribution in [2.75, 3.05) is 19.7 Å². The number of halogens is 2. The number of pyridine rings is 1. The van der Waals surface area contributed by atoms with Crippen LogP contribution in [0.2, 0.25) is 5.15 Å². The fourth-order valence-corrected chi connectivity index (χ4v) is 3.92. The molecule has 3 heterocycles. The van der Waals surface area contributed by atoms with E-state index in [1.807, 2.05) is 0 Å². The van der Waals surface area contributed by atoms with Gasteiger partial charge in [-0.3, -0.25) is 9.48 Å². The predicted octanol–water partition coefficient (Wildman–Crippen LogP) is 4.39. The van der Waals surface area contributed by atoms with Crippen molar-refractivity contribution in [3.05, 3.63) is 70.9 Å². The summed E-state index contributed by atoms with van der Waals surface area (Å²) in [5, 5.41) is 4.85. The molecule has 0 atom stereocenters. The highest BCUT2D eigenvalue weighted by molar-refractivity contribution is 6.29. The van der Waals surface area contributed by atoms with Gasteiger partial charge < -0.3 is 9.64 Å². The first-order chi connectivity index (χ1) is 15.5. The van der Waals surface area contributed by atoms with Crippen LogP contribution in [0, 0.1) is 5.82 Å². The van der Waals surface area contributed by atoms with E-state index < -0.39 is 5.97 Å². The summed E-state index contributed by atoms with van der Waals surface area (Å²) in [6.45, 7) is 3.05. The van der Waals surface area contributed by atoms with Gasteiger partial charge in [0.1, 0.15) is 11.0 Å². The van der Waals surface area contributed by atoms with Crippen LogP contribution in [0.5, 0.6) is 0 Å². The first-order valence-electron chi connectivity index (χ1n) is 10.4. The monoisotopic (exact) mass is 456 g/mol. The third kappa shape index (κ3) is 4.65. The standard InChI is InChI=1S/C23H22ClFN4O3/c1-2-32-23(31)19-13-20(15-3-6-17(25)7-4-15)29(27-19)18-9-11-28(12-10-18)22(30)16-5-8-21(24)26-14-16/h3-8,13-14,18H,2,9-12H2,1H3. The summed E-state index contributed by atoms with van der Waals surface area (Å²) in [5.41, 5.74) is 2.15. The number of hydrogen-bond donors (Lipinski definition) is 0. The van der Waals surface area contributed by atoms with E-state index in [9.17, 15) is 14.0 Å². The van der Waals surface area contributed by atoms with Gasteiger partial charge in [-0.05, 0) is 62.2 Å². The van der Waals surface area contributed by atoms with Gasteiger partial charge in [0, 0.05) is 24.8 Å². The molecule has 3 aromatic rings. The molecule has 4 rings (SSSR count). The first-order valence-corrected chi connectivity index (χ1v) is 10.8. The van der Waals surface area contributed by atoms with Crippen LogP contribution in [0.25, 0.3) is 11.3 Å². The number of piperidine rings is 1. The highest BCUT2D eigenvalue weighted by atomic mass is 35.5. The molecule has 0 aliphatic carbocycles. The Balaban J connectivity index is 1.55. The maximum absolute atomic E-state index is 13.4. The second-order valence-corrected chi connectivity index (χ2v) is 7.87. The number of aromatic nitrogens is 3. The van der Waals surface area contributed by atoms with E-state index in [2.05, 4.69) is 10.1 Å². The van der Waals surface area contributed by atoms with Gasteiger partial charge in [-0.15, -0.1) is 0 Å². The van der Waals surface area contributed by atoms with Gasteiger partial charge in [0.25, 0.3) is 5.91 Å². The molecule has 0 saturated carbocycles. The zero-order valence-corrected chi connectivity index (χ0v) is 18.3. The van der Waals surface area contributed by atoms with Crippen LogP contribution < -0.4 is 0 Å². The van der Waals surface area contributed by atoms with Crippen molar-refractivity contribution in [3.8, 4) is 11.3 Å². The van der Waals surface area contributed by atoms with Crippen molar-refractivity contribution in [1.82, 2.24) is 19.7 Å². The second kappa shape index (κ2) is 9.48. The lowest BCUT2D eigenvalue weighted by Crippen LogP contribution is -2.39. The van der Waals surface area contributed by atoms with Crippen LogP contribution in [0.15, 0.2) is 48.7 Å². The van der Waals surface area contributed by atoms with E-state index in [1.165, 1.54) is 18.3 Å². The maximum Gasteiger partial charge on any atom is 0.358 e. The van der Waals surface area contributed by atoms with Gasteiger partial charge in [0.15, 0.2) is 5.69 Å². The van der Waals surface area contributed by atoms with Crippen LogP contribution in [-0.4, -0.2) is 51.2 Å². The molecule has 1 saturated heterocycles. The van der Waals surface area contributed by atoms with E-state index in [0.29, 0.717) is 42.3 Å². The van der Waals surface area contributed by atoms with Crippen LogP contribution in [-0.2, 0) is 4.74 Å². The Kier molecular flexibility index (Phi) is 6.50. The molecule has 0 N–H and O–H groups in total. The number of ether oxygens (including phenoxy) is 1. The zero-order valence-electron chi connectivity index (χ0n) is 17.5. The molecule has 1 aliphatic heterocycles. The topological polar surface area (TPSA) is 77.3 Å². The molecule has 1 fully saturated rings. The Labute approximate surface area is 189 Å². The number of likely N-dealkylation sites (tertiary alicyclic amines) is 1. The molecule has 9 heteroatoms. The van der Waals surface area contributed by atoms with Crippen molar-refractivity contribution in [1.29, 1.82) is 0 Å². The molecular weight excluding hydrogens is 435 g/mol.